The summed E-state index contributed by atoms with van der Waals surface area (Å²) in [4.78, 5) is 23.1. The number of carbonyl (C=O) groups excluding carboxylic acids is 1. The van der Waals surface area contributed by atoms with E-state index in [2.05, 4.69) is 29.6 Å². The second-order valence-electron chi connectivity index (χ2n) is 5.81. The number of rotatable bonds is 9. The predicted octanol–water partition coefficient (Wildman–Crippen LogP) is 2.31. The third-order valence-electron chi connectivity index (χ3n) is 3.56. The standard InChI is InChI=1S/C17H25NO4/c1-13-8-10-14(11-9-13)6-4-5-7-15(19)18-17(2,12-22-3)16(20)21/h8-11H,4-7,12H2,1-3H3,(H,18,19)(H,20,21). The lowest BCUT2D eigenvalue weighted by atomic mass is 10.0. The molecular weight excluding hydrogens is 282 g/mol. The van der Waals surface area contributed by atoms with Crippen LogP contribution in [0.2, 0.25) is 0 Å². The van der Waals surface area contributed by atoms with Gasteiger partial charge in [0.2, 0.25) is 5.91 Å². The molecule has 122 valence electrons. The highest BCUT2D eigenvalue weighted by Gasteiger charge is 2.34. The summed E-state index contributed by atoms with van der Waals surface area (Å²) in [7, 11) is 1.41. The van der Waals surface area contributed by atoms with Crippen LogP contribution in [0.15, 0.2) is 24.3 Å². The van der Waals surface area contributed by atoms with Crippen molar-refractivity contribution in [3.05, 3.63) is 35.4 Å². The lowest BCUT2D eigenvalue weighted by Gasteiger charge is -2.25. The normalized spacial score (nSPS) is 13.4. The highest BCUT2D eigenvalue weighted by atomic mass is 16.5. The molecule has 0 saturated carbocycles. The number of hydrogen-bond acceptors (Lipinski definition) is 3. The molecule has 0 saturated heterocycles. The molecule has 1 atom stereocenters. The Kier molecular flexibility index (Phi) is 7.05. The number of ether oxygens (including phenoxy) is 1. The summed E-state index contributed by atoms with van der Waals surface area (Å²) >= 11 is 0. The van der Waals surface area contributed by atoms with Crippen molar-refractivity contribution in [3.63, 3.8) is 0 Å². The fraction of sp³-hybridized carbons (Fsp3) is 0.529. The van der Waals surface area contributed by atoms with Gasteiger partial charge < -0.3 is 15.2 Å². The zero-order valence-electron chi connectivity index (χ0n) is 13.5. The number of amides is 1. The Hall–Kier alpha value is -1.88. The second kappa shape index (κ2) is 8.54. The molecule has 0 radical (unpaired) electrons. The number of carbonyl (C=O) groups is 2. The number of unbranched alkanes of at least 4 members (excludes halogenated alkanes) is 1. The average molecular weight is 307 g/mol. The average Bonchev–Trinajstić information content (AvgIpc) is 2.45. The first-order valence-corrected chi connectivity index (χ1v) is 7.46. The molecule has 0 spiro atoms. The Labute approximate surface area is 131 Å². The van der Waals surface area contributed by atoms with E-state index in [9.17, 15) is 9.59 Å². The summed E-state index contributed by atoms with van der Waals surface area (Å²) < 4.78 is 4.87. The number of benzene rings is 1. The van der Waals surface area contributed by atoms with Crippen molar-refractivity contribution >= 4 is 11.9 Å². The van der Waals surface area contributed by atoms with Gasteiger partial charge in [-0.1, -0.05) is 29.8 Å². The fourth-order valence-electron chi connectivity index (χ4n) is 2.18. The summed E-state index contributed by atoms with van der Waals surface area (Å²) in [5.41, 5.74) is 1.11. The lowest BCUT2D eigenvalue weighted by molar-refractivity contribution is -0.149. The van der Waals surface area contributed by atoms with Crippen LogP contribution < -0.4 is 5.32 Å². The molecular formula is C17H25NO4. The van der Waals surface area contributed by atoms with Crippen LogP contribution >= 0.6 is 0 Å². The first-order valence-electron chi connectivity index (χ1n) is 7.46. The minimum Gasteiger partial charge on any atom is -0.479 e. The highest BCUT2D eigenvalue weighted by Crippen LogP contribution is 2.10. The fourth-order valence-corrected chi connectivity index (χ4v) is 2.18. The molecule has 1 amide bonds. The number of methoxy groups -OCH3 is 1. The molecule has 0 bridgehead atoms. The first kappa shape index (κ1) is 18.2. The maximum absolute atomic E-state index is 11.9. The van der Waals surface area contributed by atoms with Crippen molar-refractivity contribution in [3.8, 4) is 0 Å². The van der Waals surface area contributed by atoms with Crippen LogP contribution in [-0.4, -0.2) is 36.2 Å². The maximum Gasteiger partial charge on any atom is 0.331 e. The number of aliphatic carboxylic acids is 1. The summed E-state index contributed by atoms with van der Waals surface area (Å²) in [6.45, 7) is 3.44. The van der Waals surface area contributed by atoms with Crippen LogP contribution in [-0.2, 0) is 20.7 Å². The third-order valence-corrected chi connectivity index (χ3v) is 3.56. The van der Waals surface area contributed by atoms with Gasteiger partial charge in [-0.15, -0.1) is 0 Å². The Morgan fingerprint density at radius 1 is 1.23 bits per heavy atom. The van der Waals surface area contributed by atoms with Crippen LogP contribution in [0.5, 0.6) is 0 Å². The topological polar surface area (TPSA) is 75.6 Å². The zero-order chi connectivity index (χ0) is 16.6. The van der Waals surface area contributed by atoms with E-state index in [1.165, 1.54) is 25.2 Å². The molecule has 1 aromatic rings. The van der Waals surface area contributed by atoms with Crippen molar-refractivity contribution in [1.29, 1.82) is 0 Å². The van der Waals surface area contributed by atoms with Gasteiger partial charge in [0.1, 0.15) is 0 Å². The SMILES string of the molecule is COCC(C)(NC(=O)CCCCc1ccc(C)cc1)C(=O)O. The molecule has 0 aromatic heterocycles. The van der Waals surface area contributed by atoms with E-state index in [0.717, 1.165) is 19.3 Å². The highest BCUT2D eigenvalue weighted by molar-refractivity contribution is 5.86. The number of carboxylic acids is 1. The van der Waals surface area contributed by atoms with Crippen LogP contribution in [0.3, 0.4) is 0 Å². The van der Waals surface area contributed by atoms with Gasteiger partial charge in [0.15, 0.2) is 5.54 Å². The molecule has 1 rings (SSSR count). The molecule has 0 fully saturated rings. The van der Waals surface area contributed by atoms with E-state index in [-0.39, 0.29) is 12.5 Å². The molecule has 5 heteroatoms. The number of nitrogens with one attached hydrogen (secondary N) is 1. The number of aryl methyl sites for hydroxylation is 2. The third kappa shape index (κ3) is 5.85. The van der Waals surface area contributed by atoms with Crippen molar-refractivity contribution in [2.45, 2.75) is 45.1 Å². The van der Waals surface area contributed by atoms with Crippen LogP contribution in [0.4, 0.5) is 0 Å². The molecule has 1 unspecified atom stereocenters. The van der Waals surface area contributed by atoms with Gasteiger partial charge in [-0.2, -0.15) is 0 Å². The Morgan fingerprint density at radius 3 is 2.41 bits per heavy atom. The van der Waals surface area contributed by atoms with Crippen molar-refractivity contribution < 1.29 is 19.4 Å². The minimum absolute atomic E-state index is 0.0581. The quantitative estimate of drug-likeness (QED) is 0.687. The van der Waals surface area contributed by atoms with Crippen LogP contribution in [0.1, 0.15) is 37.3 Å². The van der Waals surface area contributed by atoms with E-state index >= 15 is 0 Å². The maximum atomic E-state index is 11.9. The predicted molar refractivity (Wildman–Crippen MR) is 84.8 cm³/mol. The summed E-state index contributed by atoms with van der Waals surface area (Å²) in [6, 6.07) is 8.33. The van der Waals surface area contributed by atoms with Crippen molar-refractivity contribution in [2.24, 2.45) is 0 Å². The van der Waals surface area contributed by atoms with Gasteiger partial charge in [0.25, 0.3) is 0 Å². The Balaban J connectivity index is 2.33. The van der Waals surface area contributed by atoms with Gasteiger partial charge in [0, 0.05) is 13.5 Å². The largest absolute Gasteiger partial charge is 0.479 e. The first-order chi connectivity index (χ1) is 10.4. The molecule has 2 N–H and O–H groups in total. The van der Waals surface area contributed by atoms with E-state index in [0.29, 0.717) is 6.42 Å². The van der Waals surface area contributed by atoms with Gasteiger partial charge in [-0.05, 0) is 38.7 Å². The molecule has 0 aliphatic heterocycles. The number of hydrogen-bond donors (Lipinski definition) is 2. The van der Waals surface area contributed by atoms with Gasteiger partial charge in [-0.25, -0.2) is 4.79 Å². The van der Waals surface area contributed by atoms with Crippen LogP contribution in [0, 0.1) is 6.92 Å². The number of carboxylic acid groups (broad SMARTS) is 1. The monoisotopic (exact) mass is 307 g/mol. The van der Waals surface area contributed by atoms with E-state index in [1.807, 2.05) is 6.92 Å². The second-order valence-corrected chi connectivity index (χ2v) is 5.81. The van der Waals surface area contributed by atoms with Crippen molar-refractivity contribution in [1.82, 2.24) is 5.32 Å². The van der Waals surface area contributed by atoms with Crippen LogP contribution in [0.25, 0.3) is 0 Å². The smallest absolute Gasteiger partial charge is 0.331 e. The van der Waals surface area contributed by atoms with Gasteiger partial charge >= 0.3 is 5.97 Å². The molecule has 5 nitrogen and oxygen atoms in total. The molecule has 0 heterocycles. The van der Waals surface area contributed by atoms with E-state index in [4.69, 9.17) is 9.84 Å². The van der Waals surface area contributed by atoms with Gasteiger partial charge in [0.05, 0.1) is 6.61 Å². The minimum atomic E-state index is -1.37. The molecule has 1 aromatic carbocycles. The summed E-state index contributed by atoms with van der Waals surface area (Å²) in [6.07, 6.45) is 2.85. The Bertz CT molecular complexity index is 498. The Morgan fingerprint density at radius 2 is 1.86 bits per heavy atom. The van der Waals surface area contributed by atoms with E-state index < -0.39 is 11.5 Å². The summed E-state index contributed by atoms with van der Waals surface area (Å²) in [5.74, 6) is -1.35. The van der Waals surface area contributed by atoms with Gasteiger partial charge in [-0.3, -0.25) is 4.79 Å². The molecule has 0 aliphatic rings. The molecule has 0 aliphatic carbocycles. The zero-order valence-corrected chi connectivity index (χ0v) is 13.5. The van der Waals surface area contributed by atoms with Crippen molar-refractivity contribution in [2.75, 3.05) is 13.7 Å². The summed E-state index contributed by atoms with van der Waals surface area (Å²) in [5, 5.41) is 11.7. The lowest BCUT2D eigenvalue weighted by Crippen LogP contribution is -2.55. The van der Waals surface area contributed by atoms with E-state index in [1.54, 1.807) is 0 Å². The molecule has 22 heavy (non-hydrogen) atoms.